The van der Waals surface area contributed by atoms with Crippen LogP contribution in [0, 0.1) is 0 Å². The van der Waals surface area contributed by atoms with Gasteiger partial charge in [0, 0.05) is 115 Å². The molecule has 4 aromatic rings. The van der Waals surface area contributed by atoms with Crippen LogP contribution in [0.15, 0.2) is 42.6 Å². The number of anilines is 1. The van der Waals surface area contributed by atoms with Crippen LogP contribution in [0.3, 0.4) is 0 Å². The summed E-state index contributed by atoms with van der Waals surface area (Å²) in [6.45, 7) is 15.0. The number of fused-ring (bicyclic) bond motifs is 4. The maximum absolute atomic E-state index is 14.8. The lowest BCUT2D eigenvalue weighted by Gasteiger charge is -2.51. The van der Waals surface area contributed by atoms with Gasteiger partial charge in [0.25, 0.3) is 5.91 Å². The van der Waals surface area contributed by atoms with Gasteiger partial charge in [-0.1, -0.05) is 49.1 Å². The number of ether oxygens (including phenoxy) is 1. The first-order valence-electron chi connectivity index (χ1n) is 26.4. The van der Waals surface area contributed by atoms with Gasteiger partial charge in [0.15, 0.2) is 0 Å². The first-order chi connectivity index (χ1) is 32.9. The Hall–Kier alpha value is -5.07. The van der Waals surface area contributed by atoms with Gasteiger partial charge in [0.1, 0.15) is 24.6 Å². The Morgan fingerprint density at radius 2 is 1.43 bits per heavy atom. The Labute approximate surface area is 402 Å². The van der Waals surface area contributed by atoms with Crippen molar-refractivity contribution in [1.29, 1.82) is 0 Å². The van der Waals surface area contributed by atoms with E-state index in [1.165, 1.54) is 38.4 Å². The largest absolute Gasteiger partial charge is 0.455 e. The highest BCUT2D eigenvalue weighted by molar-refractivity contribution is 6.02. The van der Waals surface area contributed by atoms with Crippen LogP contribution >= 0.6 is 0 Å². The van der Waals surface area contributed by atoms with E-state index >= 15 is 0 Å². The van der Waals surface area contributed by atoms with Crippen molar-refractivity contribution in [2.75, 3.05) is 57.3 Å². The summed E-state index contributed by atoms with van der Waals surface area (Å²) in [6.07, 6.45) is 20.4. The molecule has 2 amide bonds. The van der Waals surface area contributed by atoms with Crippen LogP contribution < -0.4 is 24.8 Å². The molecule has 68 heavy (non-hydrogen) atoms. The van der Waals surface area contributed by atoms with Gasteiger partial charge in [-0.2, -0.15) is 5.06 Å². The second-order valence-electron chi connectivity index (χ2n) is 22.4. The zero-order chi connectivity index (χ0) is 46.7. The lowest BCUT2D eigenvalue weighted by atomic mass is 9.79. The lowest BCUT2D eigenvalue weighted by molar-refractivity contribution is -0.249. The molecule has 7 aliphatic rings. The van der Waals surface area contributed by atoms with Crippen LogP contribution in [-0.2, 0) is 36.9 Å². The maximum atomic E-state index is 14.8. The van der Waals surface area contributed by atoms with Crippen LogP contribution in [0.25, 0.3) is 5.57 Å². The highest BCUT2D eigenvalue weighted by atomic mass is 16.5. The summed E-state index contributed by atoms with van der Waals surface area (Å²) < 4.78 is 11.9. The van der Waals surface area contributed by atoms with Crippen molar-refractivity contribution < 1.29 is 19.5 Å². The van der Waals surface area contributed by atoms with Gasteiger partial charge in [0.2, 0.25) is 11.3 Å². The summed E-state index contributed by atoms with van der Waals surface area (Å²) >= 11 is 0. The number of carbonyl (C=O) groups is 2. The number of nitrogens with zero attached hydrogens (tertiary/aromatic N) is 8. The molecule has 2 saturated heterocycles. The van der Waals surface area contributed by atoms with E-state index in [0.29, 0.717) is 32.6 Å². The van der Waals surface area contributed by atoms with Crippen molar-refractivity contribution in [2.45, 2.75) is 160 Å². The van der Waals surface area contributed by atoms with E-state index in [2.05, 4.69) is 77.9 Å². The summed E-state index contributed by atoms with van der Waals surface area (Å²) in [4.78, 5) is 34.9. The number of hydroxylamine groups is 2. The third-order valence-electron chi connectivity index (χ3n) is 16.7. The lowest BCUT2D eigenvalue weighted by Crippen LogP contribution is -2.59. The molecule has 8 heterocycles. The SMILES string of the molecule is CC1(C)CC(n2cc(CCCCCCCCC(=O)N3CCN(C(=O)c4ccccc4C4=c5cc6c7c(c5Oc5c4cc4c8c5CCCN8CCC4)CCC[N+]=7CCC6)CC3)nn2)CC(C)(C)N1O. The molecule has 11 rings (SSSR count). The topological polar surface area (TPSA) is 110 Å². The maximum Gasteiger partial charge on any atom is 0.254 e. The van der Waals surface area contributed by atoms with E-state index in [4.69, 9.17) is 4.74 Å². The molecule has 2 fully saturated rings. The van der Waals surface area contributed by atoms with Crippen LogP contribution in [0.1, 0.15) is 167 Å². The van der Waals surface area contributed by atoms with Gasteiger partial charge in [-0.05, 0) is 128 Å². The van der Waals surface area contributed by atoms with Gasteiger partial charge in [-0.15, -0.1) is 5.10 Å². The van der Waals surface area contributed by atoms with Crippen molar-refractivity contribution in [3.63, 3.8) is 0 Å². The molecular weight excluding hydrogens is 849 g/mol. The number of hydrogen-bond donors (Lipinski definition) is 1. The molecule has 12 heteroatoms. The average molecular weight is 922 g/mol. The molecule has 0 saturated carbocycles. The minimum absolute atomic E-state index is 0.0479. The van der Waals surface area contributed by atoms with Gasteiger partial charge >= 0.3 is 0 Å². The molecule has 0 unspecified atom stereocenters. The molecule has 3 aromatic carbocycles. The summed E-state index contributed by atoms with van der Waals surface area (Å²) in [5.74, 6) is 2.28. The fraction of sp³-hybridized carbons (Fsp3) is 0.589. The van der Waals surface area contributed by atoms with E-state index in [1.807, 2.05) is 26.6 Å². The predicted octanol–water partition coefficient (Wildman–Crippen LogP) is 7.55. The second-order valence-corrected chi connectivity index (χ2v) is 22.4. The van der Waals surface area contributed by atoms with E-state index in [1.54, 1.807) is 0 Å². The predicted molar refractivity (Wildman–Crippen MR) is 265 cm³/mol. The standard InChI is InChI=1S/C56H73N8O4/c1-55(2)35-41(36-56(3,4)64(55)67)63-37-40(57-58-63)19-9-7-5-6-8-10-24-48(65)59-29-31-62(32-30-59)54(66)43-21-12-11-20-42(43)49-46-33-38-17-13-25-60-27-15-22-44(50(38)60)52(46)68-53-45-23-16-28-61-26-14-18-39(51(45)61)34-47(49)53/h11-12,20-21,33-34,37,41,67H,5-10,13-19,22-32,35-36H2,1-4H3/q+1. The minimum Gasteiger partial charge on any atom is -0.455 e. The van der Waals surface area contributed by atoms with Crippen molar-refractivity contribution in [3.8, 4) is 11.5 Å². The molecule has 1 aromatic heterocycles. The second kappa shape index (κ2) is 18.4. The number of carbonyl (C=O) groups excluding carboxylic acids is 2. The molecule has 12 nitrogen and oxygen atoms in total. The normalized spacial score (nSPS) is 20.6. The smallest absolute Gasteiger partial charge is 0.254 e. The molecule has 0 bridgehead atoms. The van der Waals surface area contributed by atoms with Crippen LogP contribution in [0.2, 0.25) is 0 Å². The van der Waals surface area contributed by atoms with E-state index in [9.17, 15) is 14.8 Å². The Kier molecular flexibility index (Phi) is 12.2. The number of piperazine rings is 1. The molecule has 7 aliphatic heterocycles. The summed E-state index contributed by atoms with van der Waals surface area (Å²) in [5.41, 5.74) is 11.4. The first-order valence-corrected chi connectivity index (χ1v) is 26.4. The minimum atomic E-state index is -0.322. The number of unbranched alkanes of at least 4 members (excludes halogenated alkanes) is 5. The Morgan fingerprint density at radius 3 is 2.22 bits per heavy atom. The van der Waals surface area contributed by atoms with Gasteiger partial charge in [0.05, 0.1) is 17.3 Å². The molecule has 0 spiro atoms. The van der Waals surface area contributed by atoms with Gasteiger partial charge in [-0.25, -0.2) is 9.26 Å². The monoisotopic (exact) mass is 922 g/mol. The highest BCUT2D eigenvalue weighted by Crippen LogP contribution is 2.49. The quantitative estimate of drug-likeness (QED) is 0.101. The Morgan fingerprint density at radius 1 is 0.750 bits per heavy atom. The number of rotatable bonds is 12. The molecule has 0 atom stereocenters. The van der Waals surface area contributed by atoms with Crippen LogP contribution in [0.5, 0.6) is 11.5 Å². The van der Waals surface area contributed by atoms with Crippen molar-refractivity contribution >= 4 is 23.1 Å². The fourth-order valence-corrected chi connectivity index (χ4v) is 13.5. The Balaban J connectivity index is 0.725. The third-order valence-corrected chi connectivity index (χ3v) is 16.7. The van der Waals surface area contributed by atoms with E-state index in [0.717, 1.165) is 180 Å². The number of benzene rings is 3. The average Bonchev–Trinajstić information content (AvgIpc) is 3.83. The number of aryl methyl sites for hydroxylation is 3. The third kappa shape index (κ3) is 8.35. The zero-order valence-electron chi connectivity index (χ0n) is 41.3. The molecule has 0 aliphatic carbocycles. The van der Waals surface area contributed by atoms with Gasteiger partial charge < -0.3 is 24.6 Å². The van der Waals surface area contributed by atoms with Gasteiger partial charge in [-0.3, -0.25) is 9.59 Å². The summed E-state index contributed by atoms with van der Waals surface area (Å²) in [6, 6.07) is 13.4. The Bertz CT molecular complexity index is 2720. The number of hydrogen-bond acceptors (Lipinski definition) is 8. The fourth-order valence-electron chi connectivity index (χ4n) is 13.5. The number of aromatic nitrogens is 3. The van der Waals surface area contributed by atoms with E-state index in [-0.39, 0.29) is 28.9 Å². The number of amides is 2. The van der Waals surface area contributed by atoms with E-state index < -0.39 is 0 Å². The highest BCUT2D eigenvalue weighted by Gasteiger charge is 2.46. The van der Waals surface area contributed by atoms with Crippen LogP contribution in [-0.4, -0.2) is 110 Å². The van der Waals surface area contributed by atoms with Crippen molar-refractivity contribution in [2.24, 2.45) is 0 Å². The zero-order valence-corrected chi connectivity index (χ0v) is 41.3. The van der Waals surface area contributed by atoms with Crippen molar-refractivity contribution in [3.05, 3.63) is 97.8 Å². The molecule has 1 N–H and O–H groups in total. The molecular formula is C56H73N8O4+. The summed E-state index contributed by atoms with van der Waals surface area (Å²) in [5, 5.41) is 23.8. The summed E-state index contributed by atoms with van der Waals surface area (Å²) in [7, 11) is 0. The first kappa shape index (κ1) is 45.4. The number of piperidine rings is 1. The van der Waals surface area contributed by atoms with Crippen LogP contribution in [0.4, 0.5) is 5.69 Å². The van der Waals surface area contributed by atoms with Crippen molar-refractivity contribution in [1.82, 2.24) is 34.4 Å². The molecule has 0 radical (unpaired) electrons. The molecule has 360 valence electrons.